The van der Waals surface area contributed by atoms with Gasteiger partial charge < -0.3 is 9.42 Å². The molecule has 0 bridgehead atoms. The van der Waals surface area contributed by atoms with E-state index in [9.17, 15) is 9.18 Å². The van der Waals surface area contributed by atoms with Gasteiger partial charge >= 0.3 is 0 Å². The zero-order valence-electron chi connectivity index (χ0n) is 17.4. The minimum Gasteiger partial charge on any atom is -0.356 e. The van der Waals surface area contributed by atoms with Crippen LogP contribution in [0.5, 0.6) is 0 Å². The molecule has 1 amide bonds. The van der Waals surface area contributed by atoms with E-state index in [1.807, 2.05) is 23.1 Å². The Morgan fingerprint density at radius 1 is 1.03 bits per heavy atom. The van der Waals surface area contributed by atoms with E-state index in [-0.39, 0.29) is 11.7 Å². The number of hydrogen-bond donors (Lipinski definition) is 0. The van der Waals surface area contributed by atoms with Crippen LogP contribution in [0.25, 0.3) is 17.4 Å². The Kier molecular flexibility index (Phi) is 6.89. The smallest absolute Gasteiger partial charge is 0.222 e. The lowest BCUT2D eigenvalue weighted by Gasteiger charge is -2.34. The maximum Gasteiger partial charge on any atom is 0.222 e. The van der Waals surface area contributed by atoms with Gasteiger partial charge in [0.25, 0.3) is 0 Å². The number of aryl methyl sites for hydroxylation is 1. The van der Waals surface area contributed by atoms with E-state index in [4.69, 9.17) is 4.52 Å². The fourth-order valence-electron chi connectivity index (χ4n) is 3.76. The molecular formula is C25H26FN3O2. The molecule has 31 heavy (non-hydrogen) atoms. The average Bonchev–Trinajstić information content (AvgIpc) is 3.28. The van der Waals surface area contributed by atoms with Crippen LogP contribution in [0.15, 0.2) is 71.4 Å². The van der Waals surface area contributed by atoms with Gasteiger partial charge in [0.15, 0.2) is 5.76 Å². The molecule has 0 atom stereocenters. The van der Waals surface area contributed by atoms with E-state index in [0.717, 1.165) is 43.9 Å². The molecule has 6 heteroatoms. The number of amides is 1. The Bertz CT molecular complexity index is 1010. The molecule has 1 saturated heterocycles. The SMILES string of the molecule is O=C(CCc1cnoc1-c1ccc(F)cc1)N1CCN(CC=Cc2ccccc2)CC1. The Balaban J connectivity index is 1.23. The maximum atomic E-state index is 13.2. The minimum absolute atomic E-state index is 0.144. The van der Waals surface area contributed by atoms with Crippen LogP contribution in [0.4, 0.5) is 4.39 Å². The second kappa shape index (κ2) is 10.2. The molecule has 0 unspecified atom stereocenters. The van der Waals surface area contributed by atoms with Crippen molar-refractivity contribution in [3.63, 3.8) is 0 Å². The molecule has 1 aliphatic rings. The maximum absolute atomic E-state index is 13.2. The van der Waals surface area contributed by atoms with Gasteiger partial charge in [0, 0.05) is 50.3 Å². The molecule has 0 N–H and O–H groups in total. The Labute approximate surface area is 181 Å². The van der Waals surface area contributed by atoms with Gasteiger partial charge in [0.2, 0.25) is 5.91 Å². The summed E-state index contributed by atoms with van der Waals surface area (Å²) < 4.78 is 18.5. The van der Waals surface area contributed by atoms with Crippen LogP contribution in [0.1, 0.15) is 17.5 Å². The topological polar surface area (TPSA) is 49.6 Å². The summed E-state index contributed by atoms with van der Waals surface area (Å²) in [5.41, 5.74) is 2.83. The Hall–Kier alpha value is -3.25. The lowest BCUT2D eigenvalue weighted by atomic mass is 10.0. The van der Waals surface area contributed by atoms with Crippen LogP contribution in [0.3, 0.4) is 0 Å². The molecule has 3 aromatic rings. The fourth-order valence-corrected chi connectivity index (χ4v) is 3.76. The molecule has 0 spiro atoms. The fraction of sp³-hybridized carbons (Fsp3) is 0.280. The van der Waals surface area contributed by atoms with Crippen LogP contribution in [-0.4, -0.2) is 53.6 Å². The van der Waals surface area contributed by atoms with Crippen molar-refractivity contribution in [3.8, 4) is 11.3 Å². The summed E-state index contributed by atoms with van der Waals surface area (Å²) in [7, 11) is 0. The normalized spacial score (nSPS) is 14.9. The van der Waals surface area contributed by atoms with E-state index in [0.29, 0.717) is 18.6 Å². The number of aromatic nitrogens is 1. The quantitative estimate of drug-likeness (QED) is 0.574. The van der Waals surface area contributed by atoms with Gasteiger partial charge in [-0.1, -0.05) is 47.6 Å². The number of nitrogens with zero attached hydrogens (tertiary/aromatic N) is 3. The number of hydrogen-bond acceptors (Lipinski definition) is 4. The molecule has 2 heterocycles. The van der Waals surface area contributed by atoms with Crippen molar-refractivity contribution in [2.24, 2.45) is 0 Å². The highest BCUT2D eigenvalue weighted by Gasteiger charge is 2.21. The molecule has 0 saturated carbocycles. The largest absolute Gasteiger partial charge is 0.356 e. The first-order valence-electron chi connectivity index (χ1n) is 10.6. The number of carbonyl (C=O) groups excluding carboxylic acids is 1. The van der Waals surface area contributed by atoms with E-state index in [1.165, 1.54) is 17.7 Å². The standard InChI is InChI=1S/C25H26FN3O2/c26-23-11-8-21(9-12-23)25-22(19-27-31-25)10-13-24(30)29-17-15-28(16-18-29)14-4-7-20-5-2-1-3-6-20/h1-9,11-12,19H,10,13-18H2. The van der Waals surface area contributed by atoms with Crippen molar-refractivity contribution in [2.75, 3.05) is 32.7 Å². The summed E-state index contributed by atoms with van der Waals surface area (Å²) in [5, 5.41) is 3.86. The number of benzene rings is 2. The minimum atomic E-state index is -0.297. The number of piperazine rings is 1. The third-order valence-corrected chi connectivity index (χ3v) is 5.56. The van der Waals surface area contributed by atoms with Crippen LogP contribution < -0.4 is 0 Å². The predicted molar refractivity (Wildman–Crippen MR) is 119 cm³/mol. The lowest BCUT2D eigenvalue weighted by Crippen LogP contribution is -2.48. The van der Waals surface area contributed by atoms with Crippen molar-refractivity contribution in [2.45, 2.75) is 12.8 Å². The Morgan fingerprint density at radius 2 is 1.77 bits per heavy atom. The third-order valence-electron chi connectivity index (χ3n) is 5.56. The van der Waals surface area contributed by atoms with Crippen molar-refractivity contribution >= 4 is 12.0 Å². The first-order chi connectivity index (χ1) is 15.2. The molecule has 0 radical (unpaired) electrons. The molecule has 2 aromatic carbocycles. The number of rotatable bonds is 7. The third kappa shape index (κ3) is 5.67. The van der Waals surface area contributed by atoms with Crippen LogP contribution in [-0.2, 0) is 11.2 Å². The zero-order valence-corrected chi connectivity index (χ0v) is 17.4. The molecule has 1 aromatic heterocycles. The van der Waals surface area contributed by atoms with Crippen molar-refractivity contribution in [3.05, 3.63) is 83.8 Å². The molecule has 1 fully saturated rings. The highest BCUT2D eigenvalue weighted by Crippen LogP contribution is 2.25. The first kappa shape index (κ1) is 21.0. The monoisotopic (exact) mass is 419 g/mol. The van der Waals surface area contributed by atoms with Crippen molar-refractivity contribution < 1.29 is 13.7 Å². The van der Waals surface area contributed by atoms with E-state index < -0.39 is 0 Å². The van der Waals surface area contributed by atoms with E-state index >= 15 is 0 Å². The predicted octanol–water partition coefficient (Wildman–Crippen LogP) is 4.27. The first-order valence-corrected chi connectivity index (χ1v) is 10.6. The lowest BCUT2D eigenvalue weighted by molar-refractivity contribution is -0.132. The molecular weight excluding hydrogens is 393 g/mol. The van der Waals surface area contributed by atoms with Crippen molar-refractivity contribution in [1.82, 2.24) is 15.0 Å². The Morgan fingerprint density at radius 3 is 2.52 bits per heavy atom. The molecule has 1 aliphatic heterocycles. The highest BCUT2D eigenvalue weighted by atomic mass is 19.1. The number of halogens is 1. The molecule has 0 aliphatic carbocycles. The second-order valence-corrected chi connectivity index (χ2v) is 7.68. The van der Waals surface area contributed by atoms with Crippen LogP contribution in [0, 0.1) is 5.82 Å². The second-order valence-electron chi connectivity index (χ2n) is 7.68. The summed E-state index contributed by atoms with van der Waals surface area (Å²) in [6, 6.07) is 16.4. The summed E-state index contributed by atoms with van der Waals surface area (Å²) in [4.78, 5) is 17.0. The number of carbonyl (C=O) groups is 1. The summed E-state index contributed by atoms with van der Waals surface area (Å²) >= 11 is 0. The van der Waals surface area contributed by atoms with Gasteiger partial charge in [-0.25, -0.2) is 4.39 Å². The van der Waals surface area contributed by atoms with Crippen LogP contribution in [0.2, 0.25) is 0 Å². The highest BCUT2D eigenvalue weighted by molar-refractivity contribution is 5.77. The molecule has 160 valence electrons. The summed E-state index contributed by atoms with van der Waals surface area (Å²) in [6.45, 7) is 4.12. The van der Waals surface area contributed by atoms with Gasteiger partial charge in [-0.15, -0.1) is 0 Å². The van der Waals surface area contributed by atoms with E-state index in [2.05, 4.69) is 34.3 Å². The van der Waals surface area contributed by atoms with Gasteiger partial charge in [0.05, 0.1) is 6.20 Å². The average molecular weight is 420 g/mol. The van der Waals surface area contributed by atoms with Gasteiger partial charge in [0.1, 0.15) is 5.82 Å². The van der Waals surface area contributed by atoms with Gasteiger partial charge in [-0.05, 0) is 36.2 Å². The molecule has 5 nitrogen and oxygen atoms in total. The van der Waals surface area contributed by atoms with Gasteiger partial charge in [-0.3, -0.25) is 9.69 Å². The van der Waals surface area contributed by atoms with Gasteiger partial charge in [-0.2, -0.15) is 0 Å². The van der Waals surface area contributed by atoms with E-state index in [1.54, 1.807) is 18.3 Å². The molecule has 4 rings (SSSR count). The van der Waals surface area contributed by atoms with Crippen molar-refractivity contribution in [1.29, 1.82) is 0 Å². The summed E-state index contributed by atoms with van der Waals surface area (Å²) in [6.07, 6.45) is 6.91. The van der Waals surface area contributed by atoms with Crippen LogP contribution >= 0.6 is 0 Å². The zero-order chi connectivity index (χ0) is 21.5. The summed E-state index contributed by atoms with van der Waals surface area (Å²) in [5.74, 6) is 0.447.